The van der Waals surface area contributed by atoms with Crippen LogP contribution in [0.25, 0.3) is 0 Å². The van der Waals surface area contributed by atoms with Crippen molar-refractivity contribution in [1.29, 1.82) is 0 Å². The van der Waals surface area contributed by atoms with Crippen LogP contribution in [0.5, 0.6) is 0 Å². The summed E-state index contributed by atoms with van der Waals surface area (Å²) in [7, 11) is 1.95. The largest absolute Gasteiger partial charge is 0.320 e. The molecule has 0 radical (unpaired) electrons. The summed E-state index contributed by atoms with van der Waals surface area (Å²) in [5, 5.41) is 8.40. The van der Waals surface area contributed by atoms with E-state index in [9.17, 15) is 0 Å². The number of hydrazone groups is 1. The summed E-state index contributed by atoms with van der Waals surface area (Å²) in [5.74, 6) is 0. The Morgan fingerprint density at radius 2 is 2.06 bits per heavy atom. The van der Waals surface area contributed by atoms with Crippen molar-refractivity contribution < 1.29 is 5.32 Å². The van der Waals surface area contributed by atoms with Crippen LogP contribution in [-0.4, -0.2) is 19.8 Å². The molecule has 0 fully saturated rings. The Hall–Kier alpha value is -1.87. The van der Waals surface area contributed by atoms with Crippen LogP contribution in [0.15, 0.2) is 59.4 Å². The van der Waals surface area contributed by atoms with Crippen LogP contribution in [0, 0.1) is 0 Å². The van der Waals surface area contributed by atoms with Crippen molar-refractivity contribution in [3.63, 3.8) is 0 Å². The zero-order valence-corrected chi connectivity index (χ0v) is 11.4. The SMILES string of the molecule is CC=C(C=C[NH2+]CC)C=NN(C)c1ccccc1. The highest BCUT2D eigenvalue weighted by Crippen LogP contribution is 2.10. The van der Waals surface area contributed by atoms with Crippen molar-refractivity contribution in [3.8, 4) is 0 Å². The molecule has 0 saturated carbocycles. The van der Waals surface area contributed by atoms with Crippen LogP contribution >= 0.6 is 0 Å². The number of rotatable bonds is 6. The Labute approximate surface area is 110 Å². The van der Waals surface area contributed by atoms with Gasteiger partial charge in [-0.2, -0.15) is 5.10 Å². The number of para-hydroxylation sites is 1. The summed E-state index contributed by atoms with van der Waals surface area (Å²) in [4.78, 5) is 0. The fourth-order valence-electron chi connectivity index (χ4n) is 1.39. The molecule has 0 aliphatic heterocycles. The molecule has 0 atom stereocenters. The summed E-state index contributed by atoms with van der Waals surface area (Å²) in [6.45, 7) is 5.19. The second kappa shape index (κ2) is 8.25. The van der Waals surface area contributed by atoms with Gasteiger partial charge in [0, 0.05) is 7.05 Å². The molecule has 0 saturated heterocycles. The predicted molar refractivity (Wildman–Crippen MR) is 78.7 cm³/mol. The van der Waals surface area contributed by atoms with E-state index >= 15 is 0 Å². The normalized spacial score (nSPS) is 12.5. The quantitative estimate of drug-likeness (QED) is 0.464. The molecule has 0 amide bonds. The molecule has 0 aliphatic carbocycles. The molecular formula is C15H22N3+. The zero-order valence-electron chi connectivity index (χ0n) is 11.4. The van der Waals surface area contributed by atoms with Crippen molar-refractivity contribution >= 4 is 11.9 Å². The number of nitrogens with zero attached hydrogens (tertiary/aromatic N) is 2. The molecule has 0 heterocycles. The average molecular weight is 244 g/mol. The lowest BCUT2D eigenvalue weighted by atomic mass is 10.3. The highest BCUT2D eigenvalue weighted by atomic mass is 15.4. The third-order valence-corrected chi connectivity index (χ3v) is 2.50. The van der Waals surface area contributed by atoms with E-state index in [0.717, 1.165) is 17.8 Å². The number of anilines is 1. The molecule has 0 aliphatic rings. The summed E-state index contributed by atoms with van der Waals surface area (Å²) >= 11 is 0. The highest BCUT2D eigenvalue weighted by Gasteiger charge is 1.95. The number of nitrogens with two attached hydrogens (primary N) is 1. The van der Waals surface area contributed by atoms with Gasteiger partial charge in [-0.15, -0.1) is 0 Å². The molecule has 1 aromatic rings. The van der Waals surface area contributed by atoms with Gasteiger partial charge in [-0.3, -0.25) is 5.01 Å². The van der Waals surface area contributed by atoms with E-state index in [2.05, 4.69) is 29.6 Å². The van der Waals surface area contributed by atoms with E-state index in [4.69, 9.17) is 0 Å². The molecule has 1 aromatic carbocycles. The monoisotopic (exact) mass is 244 g/mol. The Morgan fingerprint density at radius 3 is 2.67 bits per heavy atom. The average Bonchev–Trinajstić information content (AvgIpc) is 2.43. The van der Waals surface area contributed by atoms with Crippen LogP contribution in [0.3, 0.4) is 0 Å². The minimum absolute atomic E-state index is 1.05. The zero-order chi connectivity index (χ0) is 13.2. The fraction of sp³-hybridized carbons (Fsp3) is 0.267. The molecule has 1 rings (SSSR count). The van der Waals surface area contributed by atoms with Crippen LogP contribution in [0.2, 0.25) is 0 Å². The molecule has 2 N–H and O–H groups in total. The van der Waals surface area contributed by atoms with Gasteiger partial charge in [0.05, 0.1) is 24.6 Å². The Kier molecular flexibility index (Phi) is 6.51. The van der Waals surface area contributed by atoms with E-state index in [1.54, 1.807) is 0 Å². The van der Waals surface area contributed by atoms with E-state index < -0.39 is 0 Å². The van der Waals surface area contributed by atoms with E-state index in [0.29, 0.717) is 0 Å². The molecule has 18 heavy (non-hydrogen) atoms. The molecule has 0 bridgehead atoms. The minimum Gasteiger partial charge on any atom is -0.320 e. The number of quaternary nitrogens is 1. The second-order valence-corrected chi connectivity index (χ2v) is 3.90. The number of benzene rings is 1. The van der Waals surface area contributed by atoms with Crippen LogP contribution in [0.1, 0.15) is 13.8 Å². The number of hydrogen-bond acceptors (Lipinski definition) is 2. The van der Waals surface area contributed by atoms with Crippen LogP contribution in [-0.2, 0) is 0 Å². The lowest BCUT2D eigenvalue weighted by Gasteiger charge is -2.12. The summed E-state index contributed by atoms with van der Waals surface area (Å²) < 4.78 is 0. The standard InChI is InChI=1S/C15H21N3/c1-4-14(11-12-16-5-2)13-17-18(3)15-9-7-6-8-10-15/h4,6-13,16H,5H2,1-3H3/p+1. The van der Waals surface area contributed by atoms with Crippen molar-refractivity contribution in [1.82, 2.24) is 0 Å². The molecule has 0 unspecified atom stereocenters. The molecule has 3 heteroatoms. The molecule has 96 valence electrons. The summed E-state index contributed by atoms with van der Waals surface area (Å²) in [5.41, 5.74) is 2.18. The topological polar surface area (TPSA) is 32.2 Å². The smallest absolute Gasteiger partial charge is 0.0932 e. The maximum absolute atomic E-state index is 4.42. The van der Waals surface area contributed by atoms with Gasteiger partial charge >= 0.3 is 0 Å². The van der Waals surface area contributed by atoms with Gasteiger partial charge in [0.1, 0.15) is 0 Å². The van der Waals surface area contributed by atoms with Crippen molar-refractivity contribution in [2.24, 2.45) is 5.10 Å². The lowest BCUT2D eigenvalue weighted by molar-refractivity contribution is -0.584. The van der Waals surface area contributed by atoms with Crippen molar-refractivity contribution in [2.45, 2.75) is 13.8 Å². The minimum atomic E-state index is 1.05. The maximum Gasteiger partial charge on any atom is 0.0932 e. The number of hydrogen-bond donors (Lipinski definition) is 1. The first-order valence-corrected chi connectivity index (χ1v) is 6.27. The van der Waals surface area contributed by atoms with E-state index in [1.807, 2.05) is 61.6 Å². The van der Waals surface area contributed by atoms with Gasteiger partial charge in [-0.05, 0) is 37.6 Å². The number of allylic oxidation sites excluding steroid dienone is 3. The Balaban J connectivity index is 2.62. The second-order valence-electron chi connectivity index (χ2n) is 3.90. The van der Waals surface area contributed by atoms with E-state index in [1.165, 1.54) is 0 Å². The van der Waals surface area contributed by atoms with Crippen LogP contribution in [0.4, 0.5) is 5.69 Å². The van der Waals surface area contributed by atoms with Gasteiger partial charge in [0.2, 0.25) is 0 Å². The van der Waals surface area contributed by atoms with Gasteiger partial charge in [-0.1, -0.05) is 24.3 Å². The fourth-order valence-corrected chi connectivity index (χ4v) is 1.39. The highest BCUT2D eigenvalue weighted by molar-refractivity contribution is 5.82. The first-order chi connectivity index (χ1) is 8.77. The first-order valence-electron chi connectivity index (χ1n) is 6.27. The summed E-state index contributed by atoms with van der Waals surface area (Å²) in [6, 6.07) is 10.1. The van der Waals surface area contributed by atoms with Crippen LogP contribution < -0.4 is 10.3 Å². The Morgan fingerprint density at radius 1 is 1.33 bits per heavy atom. The van der Waals surface area contributed by atoms with Gasteiger partial charge in [0.15, 0.2) is 0 Å². The molecule has 0 spiro atoms. The van der Waals surface area contributed by atoms with E-state index in [-0.39, 0.29) is 0 Å². The van der Waals surface area contributed by atoms with Gasteiger partial charge in [-0.25, -0.2) is 0 Å². The summed E-state index contributed by atoms with van der Waals surface area (Å²) in [6.07, 6.45) is 8.03. The Bertz CT molecular complexity index is 419. The molecule has 0 aromatic heterocycles. The molecule has 3 nitrogen and oxygen atoms in total. The van der Waals surface area contributed by atoms with Crippen molar-refractivity contribution in [3.05, 3.63) is 54.3 Å². The molecular weight excluding hydrogens is 222 g/mol. The third kappa shape index (κ3) is 4.97. The van der Waals surface area contributed by atoms with Gasteiger partial charge in [0.25, 0.3) is 0 Å². The van der Waals surface area contributed by atoms with Crippen molar-refractivity contribution in [2.75, 3.05) is 18.6 Å². The predicted octanol–water partition coefficient (Wildman–Crippen LogP) is 2.15. The first kappa shape index (κ1) is 14.2. The van der Waals surface area contributed by atoms with Gasteiger partial charge < -0.3 is 5.32 Å². The lowest BCUT2D eigenvalue weighted by Crippen LogP contribution is -2.77. The third-order valence-electron chi connectivity index (χ3n) is 2.50. The maximum atomic E-state index is 4.42.